The lowest BCUT2D eigenvalue weighted by Gasteiger charge is -2.45. The van der Waals surface area contributed by atoms with Gasteiger partial charge in [0.15, 0.2) is 0 Å². The van der Waals surface area contributed by atoms with E-state index < -0.39 is 5.41 Å². The molecular formula is C30H36N2O2. The van der Waals surface area contributed by atoms with E-state index in [2.05, 4.69) is 48.3 Å². The lowest BCUT2D eigenvalue weighted by molar-refractivity contribution is -0.124. The van der Waals surface area contributed by atoms with Crippen LogP contribution in [-0.4, -0.2) is 37.6 Å². The predicted octanol–water partition coefficient (Wildman–Crippen LogP) is 5.20. The quantitative estimate of drug-likeness (QED) is 0.481. The molecule has 0 heterocycles. The van der Waals surface area contributed by atoms with Crippen LogP contribution in [0.5, 0.6) is 5.75 Å². The van der Waals surface area contributed by atoms with Crippen LogP contribution in [-0.2, 0) is 16.6 Å². The molecule has 1 amide bonds. The molecule has 4 heteroatoms. The Morgan fingerprint density at radius 2 is 1.53 bits per heavy atom. The molecule has 178 valence electrons. The van der Waals surface area contributed by atoms with Crippen LogP contribution in [0.1, 0.15) is 42.4 Å². The topological polar surface area (TPSA) is 55.6 Å². The van der Waals surface area contributed by atoms with Gasteiger partial charge < -0.3 is 15.4 Å². The van der Waals surface area contributed by atoms with Gasteiger partial charge in [0.2, 0.25) is 5.91 Å². The van der Waals surface area contributed by atoms with Crippen molar-refractivity contribution in [1.29, 1.82) is 0 Å². The summed E-state index contributed by atoms with van der Waals surface area (Å²) in [5, 5.41) is 0. The number of benzene rings is 3. The Kier molecular flexibility index (Phi) is 7.69. The van der Waals surface area contributed by atoms with Crippen molar-refractivity contribution in [1.82, 2.24) is 4.90 Å². The second-order valence-electron chi connectivity index (χ2n) is 9.50. The highest BCUT2D eigenvalue weighted by molar-refractivity contribution is 5.91. The first kappa shape index (κ1) is 24.0. The summed E-state index contributed by atoms with van der Waals surface area (Å²) in [5.41, 5.74) is 8.77. The summed E-state index contributed by atoms with van der Waals surface area (Å²) >= 11 is 0. The van der Waals surface area contributed by atoms with Crippen molar-refractivity contribution < 1.29 is 9.53 Å². The average molecular weight is 457 g/mol. The summed E-state index contributed by atoms with van der Waals surface area (Å²) in [7, 11) is 3.91. The van der Waals surface area contributed by atoms with Gasteiger partial charge in [-0.15, -0.1) is 0 Å². The van der Waals surface area contributed by atoms with Crippen LogP contribution in [0.2, 0.25) is 0 Å². The number of ether oxygens (including phenoxy) is 1. The number of rotatable bonds is 9. The van der Waals surface area contributed by atoms with Gasteiger partial charge in [0.05, 0.1) is 7.11 Å². The van der Waals surface area contributed by atoms with Crippen molar-refractivity contribution in [2.24, 2.45) is 11.7 Å². The Morgan fingerprint density at radius 1 is 0.941 bits per heavy atom. The summed E-state index contributed by atoms with van der Waals surface area (Å²) in [5.74, 6) is 0.783. The zero-order valence-electron chi connectivity index (χ0n) is 20.3. The van der Waals surface area contributed by atoms with Crippen molar-refractivity contribution in [3.8, 4) is 5.75 Å². The molecule has 0 saturated heterocycles. The smallest absolute Gasteiger partial charge is 0.232 e. The maximum absolute atomic E-state index is 13.4. The van der Waals surface area contributed by atoms with Gasteiger partial charge in [-0.25, -0.2) is 0 Å². The number of carbonyl (C=O) groups is 1. The molecule has 0 aliphatic heterocycles. The fourth-order valence-corrected chi connectivity index (χ4v) is 5.76. The predicted molar refractivity (Wildman–Crippen MR) is 138 cm³/mol. The monoisotopic (exact) mass is 456 g/mol. The summed E-state index contributed by atoms with van der Waals surface area (Å²) in [4.78, 5) is 15.8. The molecule has 4 nitrogen and oxygen atoms in total. The molecule has 3 aromatic carbocycles. The fourth-order valence-electron chi connectivity index (χ4n) is 5.76. The van der Waals surface area contributed by atoms with E-state index in [9.17, 15) is 4.79 Å². The fraction of sp³-hybridized carbons (Fsp3) is 0.367. The SMILES string of the molecule is COc1ccc(CCN(C)C2CCCC(C(C(N)=O)(c3ccccc3)c3ccccc3)C2)cc1. The first-order valence-corrected chi connectivity index (χ1v) is 12.3. The largest absolute Gasteiger partial charge is 0.497 e. The Hall–Kier alpha value is -3.11. The Labute approximate surface area is 203 Å². The number of nitrogens with two attached hydrogens (primary N) is 1. The summed E-state index contributed by atoms with van der Waals surface area (Å²) in [6, 6.07) is 29.0. The van der Waals surface area contributed by atoms with Gasteiger partial charge in [0.1, 0.15) is 11.2 Å². The third-order valence-electron chi connectivity index (χ3n) is 7.64. The van der Waals surface area contributed by atoms with E-state index >= 15 is 0 Å². The highest BCUT2D eigenvalue weighted by atomic mass is 16.5. The minimum absolute atomic E-state index is 0.150. The van der Waals surface area contributed by atoms with Gasteiger partial charge in [-0.2, -0.15) is 0 Å². The minimum atomic E-state index is -0.821. The lowest BCUT2D eigenvalue weighted by atomic mass is 9.60. The Balaban J connectivity index is 1.57. The number of hydrogen-bond donors (Lipinski definition) is 1. The zero-order valence-corrected chi connectivity index (χ0v) is 20.3. The summed E-state index contributed by atoms with van der Waals surface area (Å²) in [6.07, 6.45) is 5.17. The second-order valence-corrected chi connectivity index (χ2v) is 9.50. The van der Waals surface area contributed by atoms with Crippen molar-refractivity contribution >= 4 is 5.91 Å². The third kappa shape index (κ3) is 4.88. The van der Waals surface area contributed by atoms with Crippen LogP contribution >= 0.6 is 0 Å². The highest BCUT2D eigenvalue weighted by Crippen LogP contribution is 2.46. The maximum atomic E-state index is 13.4. The van der Waals surface area contributed by atoms with Gasteiger partial charge in [-0.1, -0.05) is 79.2 Å². The number of hydrogen-bond acceptors (Lipinski definition) is 3. The molecule has 1 aliphatic rings. The van der Waals surface area contributed by atoms with E-state index in [1.54, 1.807) is 7.11 Å². The first-order valence-electron chi connectivity index (χ1n) is 12.3. The van der Waals surface area contributed by atoms with Crippen molar-refractivity contribution in [3.05, 3.63) is 102 Å². The van der Waals surface area contributed by atoms with Gasteiger partial charge in [-0.05, 0) is 67.5 Å². The molecule has 3 aromatic rings. The first-order chi connectivity index (χ1) is 16.6. The number of amides is 1. The average Bonchev–Trinajstić information content (AvgIpc) is 2.89. The van der Waals surface area contributed by atoms with E-state index in [1.165, 1.54) is 5.56 Å². The number of methoxy groups -OCH3 is 1. The second kappa shape index (κ2) is 10.9. The molecule has 1 saturated carbocycles. The van der Waals surface area contributed by atoms with Crippen molar-refractivity contribution in [2.75, 3.05) is 20.7 Å². The Morgan fingerprint density at radius 3 is 2.06 bits per heavy atom. The molecular weight excluding hydrogens is 420 g/mol. The van der Waals surface area contributed by atoms with Gasteiger partial charge in [-0.3, -0.25) is 4.79 Å². The number of primary amides is 1. The van der Waals surface area contributed by atoms with Crippen LogP contribution in [0.15, 0.2) is 84.9 Å². The molecule has 0 spiro atoms. The molecule has 1 fully saturated rings. The van der Waals surface area contributed by atoms with Crippen LogP contribution < -0.4 is 10.5 Å². The van der Waals surface area contributed by atoms with Crippen molar-refractivity contribution in [3.63, 3.8) is 0 Å². The molecule has 2 atom stereocenters. The van der Waals surface area contributed by atoms with Crippen LogP contribution in [0.3, 0.4) is 0 Å². The molecule has 4 rings (SSSR count). The van der Waals surface area contributed by atoms with E-state index in [4.69, 9.17) is 10.5 Å². The third-order valence-corrected chi connectivity index (χ3v) is 7.64. The standard InChI is InChI=1S/C30H36N2O2/c1-32(21-20-23-16-18-28(34-2)19-17-23)27-15-9-14-26(22-27)30(29(31)33,24-10-5-3-6-11-24)25-12-7-4-8-13-25/h3-8,10-13,16-19,26-27H,9,14-15,20-22H2,1-2H3,(H2,31,33). The lowest BCUT2D eigenvalue weighted by Crippen LogP contribution is -2.51. The van der Waals surface area contributed by atoms with Crippen LogP contribution in [0.25, 0.3) is 0 Å². The van der Waals surface area contributed by atoms with E-state index in [0.29, 0.717) is 6.04 Å². The van der Waals surface area contributed by atoms with Crippen LogP contribution in [0, 0.1) is 5.92 Å². The number of carbonyl (C=O) groups excluding carboxylic acids is 1. The molecule has 2 N–H and O–H groups in total. The van der Waals surface area contributed by atoms with E-state index in [-0.39, 0.29) is 11.8 Å². The number of nitrogens with zero attached hydrogens (tertiary/aromatic N) is 1. The van der Waals surface area contributed by atoms with Gasteiger partial charge in [0, 0.05) is 12.6 Å². The zero-order chi connectivity index (χ0) is 24.0. The van der Waals surface area contributed by atoms with Crippen molar-refractivity contribution in [2.45, 2.75) is 43.6 Å². The van der Waals surface area contributed by atoms with Gasteiger partial charge >= 0.3 is 0 Å². The normalized spacial score (nSPS) is 18.6. The molecule has 0 bridgehead atoms. The summed E-state index contributed by atoms with van der Waals surface area (Å²) < 4.78 is 5.28. The summed E-state index contributed by atoms with van der Waals surface area (Å²) in [6.45, 7) is 0.976. The molecule has 34 heavy (non-hydrogen) atoms. The van der Waals surface area contributed by atoms with Crippen LogP contribution in [0.4, 0.5) is 0 Å². The number of likely N-dealkylation sites (N-methyl/N-ethyl adjacent to an activating group) is 1. The Bertz CT molecular complexity index is 1010. The van der Waals surface area contributed by atoms with E-state index in [1.807, 2.05) is 48.5 Å². The van der Waals surface area contributed by atoms with Gasteiger partial charge in [0.25, 0.3) is 0 Å². The maximum Gasteiger partial charge on any atom is 0.232 e. The van der Waals surface area contributed by atoms with E-state index in [0.717, 1.165) is 55.5 Å². The molecule has 0 aromatic heterocycles. The highest BCUT2D eigenvalue weighted by Gasteiger charge is 2.48. The molecule has 1 aliphatic carbocycles. The molecule has 2 unspecified atom stereocenters. The minimum Gasteiger partial charge on any atom is -0.497 e. The molecule has 0 radical (unpaired) electrons.